The molecule has 0 aromatic rings. The lowest BCUT2D eigenvalue weighted by Gasteiger charge is -2.18. The summed E-state index contributed by atoms with van der Waals surface area (Å²) < 4.78 is 16.7. The first-order chi connectivity index (χ1) is 32.5. The van der Waals surface area contributed by atoms with Gasteiger partial charge in [-0.1, -0.05) is 221 Å². The molecule has 0 saturated carbocycles. The summed E-state index contributed by atoms with van der Waals surface area (Å²) in [5, 5.41) is 0. The number of allylic oxidation sites excluding steroid dienone is 16. The lowest BCUT2D eigenvalue weighted by Crippen LogP contribution is -2.30. The quantitative estimate of drug-likeness (QED) is 0.0262. The summed E-state index contributed by atoms with van der Waals surface area (Å²) in [5.74, 6) is -0.914. The van der Waals surface area contributed by atoms with E-state index in [1.165, 1.54) is 83.5 Å². The molecule has 6 heteroatoms. The Morgan fingerprint density at radius 1 is 0.318 bits per heavy atom. The third-order valence-corrected chi connectivity index (χ3v) is 11.3. The van der Waals surface area contributed by atoms with Crippen LogP contribution in [-0.2, 0) is 28.6 Å². The fraction of sp³-hybridized carbons (Fsp3) is 0.683. The average molecular weight is 917 g/mol. The van der Waals surface area contributed by atoms with Crippen LogP contribution < -0.4 is 0 Å². The maximum absolute atomic E-state index is 12.7. The molecule has 66 heavy (non-hydrogen) atoms. The number of carbonyl (C=O) groups excluding carboxylic acids is 3. The van der Waals surface area contributed by atoms with Crippen LogP contribution in [0.5, 0.6) is 0 Å². The zero-order valence-electron chi connectivity index (χ0n) is 42.9. The van der Waals surface area contributed by atoms with E-state index in [1.807, 2.05) is 0 Å². The van der Waals surface area contributed by atoms with E-state index in [-0.39, 0.29) is 31.1 Å². The van der Waals surface area contributed by atoms with E-state index in [4.69, 9.17) is 14.2 Å². The van der Waals surface area contributed by atoms with Crippen LogP contribution in [0, 0.1) is 0 Å². The van der Waals surface area contributed by atoms with Crippen LogP contribution in [0.4, 0.5) is 0 Å². The summed E-state index contributed by atoms with van der Waals surface area (Å²) >= 11 is 0. The third kappa shape index (κ3) is 51.3. The van der Waals surface area contributed by atoms with Gasteiger partial charge in [-0.15, -0.1) is 0 Å². The first-order valence-electron chi connectivity index (χ1n) is 27.2. The van der Waals surface area contributed by atoms with Gasteiger partial charge in [0.2, 0.25) is 0 Å². The van der Waals surface area contributed by atoms with Gasteiger partial charge < -0.3 is 14.2 Å². The first-order valence-corrected chi connectivity index (χ1v) is 27.2. The van der Waals surface area contributed by atoms with Gasteiger partial charge >= 0.3 is 17.9 Å². The van der Waals surface area contributed by atoms with Gasteiger partial charge in [0.05, 0.1) is 0 Å². The molecule has 0 fully saturated rings. The van der Waals surface area contributed by atoms with Crippen molar-refractivity contribution in [1.82, 2.24) is 0 Å². The van der Waals surface area contributed by atoms with Gasteiger partial charge in [0.25, 0.3) is 0 Å². The minimum absolute atomic E-state index is 0.0837. The monoisotopic (exact) mass is 917 g/mol. The number of unbranched alkanes of at least 4 members (excludes halogenated alkanes) is 21. The predicted molar refractivity (Wildman–Crippen MR) is 284 cm³/mol. The molecule has 0 heterocycles. The summed E-state index contributed by atoms with van der Waals surface area (Å²) in [6.07, 6.45) is 71.3. The van der Waals surface area contributed by atoms with Crippen LogP contribution in [0.1, 0.15) is 245 Å². The SMILES string of the molecule is CC/C=C\C/C=C\C/C=C\C/C=C\C/C=C\C/C=C\C/C=C\CCCCCCCCCC(=O)OCC(COC(=O)CCCCCCCCC)OC(=O)CCCCCCC/C=C\CCCCC. The van der Waals surface area contributed by atoms with E-state index in [0.29, 0.717) is 19.3 Å². The van der Waals surface area contributed by atoms with Crippen LogP contribution in [0.25, 0.3) is 0 Å². The fourth-order valence-electron chi connectivity index (χ4n) is 7.24. The molecule has 0 amide bonds. The first kappa shape index (κ1) is 62.3. The van der Waals surface area contributed by atoms with Gasteiger partial charge in [0.15, 0.2) is 6.10 Å². The van der Waals surface area contributed by atoms with Crippen molar-refractivity contribution in [1.29, 1.82) is 0 Å². The molecule has 0 bridgehead atoms. The Balaban J connectivity index is 4.17. The number of hydrogen-bond acceptors (Lipinski definition) is 6. The largest absolute Gasteiger partial charge is 0.462 e. The van der Waals surface area contributed by atoms with Crippen LogP contribution in [0.2, 0.25) is 0 Å². The second kappa shape index (κ2) is 53.9. The van der Waals surface area contributed by atoms with Crippen molar-refractivity contribution >= 4 is 17.9 Å². The molecule has 1 unspecified atom stereocenters. The molecule has 6 nitrogen and oxygen atoms in total. The molecular weight excluding hydrogens is 817 g/mol. The Morgan fingerprint density at radius 2 is 0.591 bits per heavy atom. The highest BCUT2D eigenvalue weighted by atomic mass is 16.6. The molecule has 0 rings (SSSR count). The van der Waals surface area contributed by atoms with Crippen molar-refractivity contribution in [2.24, 2.45) is 0 Å². The second-order valence-corrected chi connectivity index (χ2v) is 17.8. The smallest absolute Gasteiger partial charge is 0.306 e. The maximum Gasteiger partial charge on any atom is 0.306 e. The van der Waals surface area contributed by atoms with Gasteiger partial charge in [0, 0.05) is 19.3 Å². The van der Waals surface area contributed by atoms with E-state index in [0.717, 1.165) is 122 Å². The number of hydrogen-bond donors (Lipinski definition) is 0. The van der Waals surface area contributed by atoms with Crippen LogP contribution in [0.3, 0.4) is 0 Å². The van der Waals surface area contributed by atoms with Crippen molar-refractivity contribution in [3.63, 3.8) is 0 Å². The summed E-state index contributed by atoms with van der Waals surface area (Å²) in [7, 11) is 0. The Labute approximate surface area is 407 Å². The Morgan fingerprint density at radius 3 is 0.970 bits per heavy atom. The van der Waals surface area contributed by atoms with Crippen molar-refractivity contribution in [3.8, 4) is 0 Å². The predicted octanol–water partition coefficient (Wildman–Crippen LogP) is 18.1. The highest BCUT2D eigenvalue weighted by molar-refractivity contribution is 5.71. The molecule has 0 aliphatic heterocycles. The molecule has 0 aliphatic rings. The molecule has 0 N–H and O–H groups in total. The van der Waals surface area contributed by atoms with Gasteiger partial charge in [-0.05, 0) is 103 Å². The summed E-state index contributed by atoms with van der Waals surface area (Å²) in [5.41, 5.74) is 0. The van der Waals surface area contributed by atoms with Crippen LogP contribution >= 0.6 is 0 Å². The Hall–Kier alpha value is -3.67. The summed E-state index contributed by atoms with van der Waals surface area (Å²) in [4.78, 5) is 37.8. The number of rotatable bonds is 48. The highest BCUT2D eigenvalue weighted by Crippen LogP contribution is 2.14. The lowest BCUT2D eigenvalue weighted by atomic mass is 10.1. The molecule has 0 aromatic carbocycles. The van der Waals surface area contributed by atoms with E-state index in [9.17, 15) is 14.4 Å². The maximum atomic E-state index is 12.7. The number of carbonyl (C=O) groups is 3. The molecule has 0 aliphatic carbocycles. The van der Waals surface area contributed by atoms with Gasteiger partial charge in [-0.3, -0.25) is 14.4 Å². The van der Waals surface area contributed by atoms with E-state index >= 15 is 0 Å². The summed E-state index contributed by atoms with van der Waals surface area (Å²) in [6.45, 7) is 6.43. The van der Waals surface area contributed by atoms with Gasteiger partial charge in [-0.2, -0.15) is 0 Å². The minimum atomic E-state index is -0.782. The summed E-state index contributed by atoms with van der Waals surface area (Å²) in [6, 6.07) is 0. The highest BCUT2D eigenvalue weighted by Gasteiger charge is 2.19. The molecule has 0 saturated heterocycles. The van der Waals surface area contributed by atoms with Crippen LogP contribution in [0.15, 0.2) is 97.2 Å². The zero-order valence-corrected chi connectivity index (χ0v) is 42.9. The lowest BCUT2D eigenvalue weighted by molar-refractivity contribution is -0.167. The van der Waals surface area contributed by atoms with E-state index < -0.39 is 6.10 Å². The van der Waals surface area contributed by atoms with Crippen molar-refractivity contribution < 1.29 is 28.6 Å². The minimum Gasteiger partial charge on any atom is -0.462 e. The topological polar surface area (TPSA) is 78.9 Å². The second-order valence-electron chi connectivity index (χ2n) is 17.8. The van der Waals surface area contributed by atoms with E-state index in [1.54, 1.807) is 0 Å². The third-order valence-electron chi connectivity index (χ3n) is 11.3. The molecule has 0 radical (unpaired) electrons. The van der Waals surface area contributed by atoms with Crippen molar-refractivity contribution in [2.75, 3.05) is 13.2 Å². The molecule has 1 atom stereocenters. The van der Waals surface area contributed by atoms with Crippen molar-refractivity contribution in [2.45, 2.75) is 252 Å². The number of ether oxygens (including phenoxy) is 3. The molecule has 376 valence electrons. The average Bonchev–Trinajstić information content (AvgIpc) is 3.31. The Kier molecular flexibility index (Phi) is 50.9. The Bertz CT molecular complexity index is 1330. The van der Waals surface area contributed by atoms with Crippen molar-refractivity contribution in [3.05, 3.63) is 97.2 Å². The zero-order chi connectivity index (χ0) is 47.9. The normalized spacial score (nSPS) is 12.8. The number of esters is 3. The van der Waals surface area contributed by atoms with Crippen LogP contribution in [-0.4, -0.2) is 37.2 Å². The van der Waals surface area contributed by atoms with E-state index in [2.05, 4.69) is 118 Å². The molecular formula is C60H100O6. The van der Waals surface area contributed by atoms with Gasteiger partial charge in [0.1, 0.15) is 13.2 Å². The van der Waals surface area contributed by atoms with Gasteiger partial charge in [-0.25, -0.2) is 0 Å². The standard InChI is InChI=1S/C60H100O6/c1-4-7-10-13-16-18-20-22-23-24-25-26-27-28-29-30-31-32-33-34-35-36-37-38-40-41-44-47-50-53-59(62)65-56-57(55-64-58(61)52-49-46-43-15-12-9-6-3)66-60(63)54-51-48-45-42-39-21-19-17-14-11-8-5-2/h7,10,16-19,22-23,25-26,28-29,31-32,34-35,57H,4-6,8-9,11-15,20-21,24,27,30,33,36-56H2,1-3H3/b10-7-,18-16-,19-17-,23-22-,26-25-,29-28-,32-31-,35-34-. The fourth-order valence-corrected chi connectivity index (χ4v) is 7.24. The molecule has 0 spiro atoms. The molecule has 0 aromatic heterocycles.